The Morgan fingerprint density at radius 3 is 2.86 bits per heavy atom. The number of halogens is 3. The third-order valence-electron chi connectivity index (χ3n) is 3.69. The van der Waals surface area contributed by atoms with Crippen LogP contribution in [0.5, 0.6) is 0 Å². The van der Waals surface area contributed by atoms with E-state index in [-0.39, 0.29) is 18.3 Å². The van der Waals surface area contributed by atoms with Crippen molar-refractivity contribution in [3.8, 4) is 0 Å². The molecule has 0 spiro atoms. The lowest BCUT2D eigenvalue weighted by Crippen LogP contribution is -2.29. The van der Waals surface area contributed by atoms with E-state index in [0.717, 1.165) is 31.9 Å². The highest BCUT2D eigenvalue weighted by molar-refractivity contribution is 5.85. The standard InChI is InChI=1S/C15H20F2N2O.ClH/c1-10(13-6-4-11(16)9-14(13)17)19-15(20)7-5-12-3-2-8-18-12;/h4,6,9-10,12,18H,2-3,5,7-8H2,1H3,(H,19,20);1H. The van der Waals surface area contributed by atoms with Crippen molar-refractivity contribution in [2.24, 2.45) is 0 Å². The first-order chi connectivity index (χ1) is 9.56. The fourth-order valence-corrected chi connectivity index (χ4v) is 2.55. The summed E-state index contributed by atoms with van der Waals surface area (Å²) in [7, 11) is 0. The minimum atomic E-state index is -0.629. The minimum absolute atomic E-state index is 0. The Hall–Kier alpha value is -1.20. The second-order valence-corrected chi connectivity index (χ2v) is 5.29. The van der Waals surface area contributed by atoms with Crippen LogP contribution in [0.4, 0.5) is 8.78 Å². The highest BCUT2D eigenvalue weighted by Crippen LogP contribution is 2.18. The summed E-state index contributed by atoms with van der Waals surface area (Å²) in [6, 6.07) is 3.36. The molecule has 1 amide bonds. The van der Waals surface area contributed by atoms with E-state index in [0.29, 0.717) is 18.0 Å². The summed E-state index contributed by atoms with van der Waals surface area (Å²) in [5, 5.41) is 6.08. The van der Waals surface area contributed by atoms with Gasteiger partial charge in [-0.15, -0.1) is 12.4 Å². The predicted molar refractivity (Wildman–Crippen MR) is 80.4 cm³/mol. The van der Waals surface area contributed by atoms with Gasteiger partial charge in [-0.3, -0.25) is 4.79 Å². The zero-order chi connectivity index (χ0) is 14.5. The van der Waals surface area contributed by atoms with Crippen LogP contribution in [0.25, 0.3) is 0 Å². The Bertz CT molecular complexity index is 479. The Morgan fingerprint density at radius 1 is 1.48 bits per heavy atom. The lowest BCUT2D eigenvalue weighted by Gasteiger charge is -2.16. The number of amides is 1. The van der Waals surface area contributed by atoms with Crippen LogP contribution < -0.4 is 10.6 Å². The molecule has 1 heterocycles. The van der Waals surface area contributed by atoms with Crippen molar-refractivity contribution in [2.45, 2.75) is 44.7 Å². The van der Waals surface area contributed by atoms with E-state index in [2.05, 4.69) is 10.6 Å². The summed E-state index contributed by atoms with van der Waals surface area (Å²) in [5.74, 6) is -1.35. The maximum Gasteiger partial charge on any atom is 0.220 e. The van der Waals surface area contributed by atoms with Gasteiger partial charge in [0.15, 0.2) is 0 Å². The Labute approximate surface area is 129 Å². The maximum absolute atomic E-state index is 13.6. The molecule has 6 heteroatoms. The van der Waals surface area contributed by atoms with Crippen molar-refractivity contribution in [1.29, 1.82) is 0 Å². The van der Waals surface area contributed by atoms with Gasteiger partial charge in [0.05, 0.1) is 6.04 Å². The largest absolute Gasteiger partial charge is 0.349 e. The fourth-order valence-electron chi connectivity index (χ4n) is 2.55. The van der Waals surface area contributed by atoms with E-state index < -0.39 is 17.7 Å². The van der Waals surface area contributed by atoms with Crippen molar-refractivity contribution in [2.75, 3.05) is 6.54 Å². The molecule has 2 unspecified atom stereocenters. The molecule has 2 atom stereocenters. The van der Waals surface area contributed by atoms with Crippen molar-refractivity contribution in [1.82, 2.24) is 10.6 Å². The van der Waals surface area contributed by atoms with Crippen molar-refractivity contribution >= 4 is 18.3 Å². The second kappa shape index (κ2) is 8.29. The molecular weight excluding hydrogens is 298 g/mol. The molecule has 1 aliphatic heterocycles. The third kappa shape index (κ3) is 5.25. The number of rotatable bonds is 5. The predicted octanol–water partition coefficient (Wildman–Crippen LogP) is 3.10. The molecule has 1 aromatic rings. The second-order valence-electron chi connectivity index (χ2n) is 5.29. The first kappa shape index (κ1) is 17.9. The topological polar surface area (TPSA) is 41.1 Å². The molecule has 0 bridgehead atoms. The smallest absolute Gasteiger partial charge is 0.220 e. The van der Waals surface area contributed by atoms with Gasteiger partial charge < -0.3 is 10.6 Å². The number of nitrogens with one attached hydrogen (secondary N) is 2. The quantitative estimate of drug-likeness (QED) is 0.876. The molecule has 21 heavy (non-hydrogen) atoms. The molecule has 0 radical (unpaired) electrons. The lowest BCUT2D eigenvalue weighted by atomic mass is 10.1. The molecule has 2 N–H and O–H groups in total. The van der Waals surface area contributed by atoms with Crippen LogP contribution in [-0.4, -0.2) is 18.5 Å². The molecule has 118 valence electrons. The number of hydrogen-bond acceptors (Lipinski definition) is 2. The SMILES string of the molecule is CC(NC(=O)CCC1CCCN1)c1ccc(F)cc1F.Cl. The third-order valence-corrected chi connectivity index (χ3v) is 3.69. The summed E-state index contributed by atoms with van der Waals surface area (Å²) in [6.07, 6.45) is 3.48. The van der Waals surface area contributed by atoms with Crippen LogP contribution in [0, 0.1) is 11.6 Å². The molecule has 1 aliphatic rings. The molecule has 1 aromatic carbocycles. The van der Waals surface area contributed by atoms with Gasteiger partial charge in [-0.05, 0) is 38.8 Å². The van der Waals surface area contributed by atoms with Crippen LogP contribution >= 0.6 is 12.4 Å². The molecule has 0 aromatic heterocycles. The van der Waals surface area contributed by atoms with Crippen molar-refractivity contribution < 1.29 is 13.6 Å². The monoisotopic (exact) mass is 318 g/mol. The van der Waals surface area contributed by atoms with E-state index in [1.165, 1.54) is 12.1 Å². The van der Waals surface area contributed by atoms with Gasteiger partial charge in [0.25, 0.3) is 0 Å². The number of benzene rings is 1. The van der Waals surface area contributed by atoms with Gasteiger partial charge in [0, 0.05) is 24.1 Å². The Morgan fingerprint density at radius 2 is 2.24 bits per heavy atom. The summed E-state index contributed by atoms with van der Waals surface area (Å²) < 4.78 is 26.4. The number of carbonyl (C=O) groups is 1. The van der Waals surface area contributed by atoms with Crippen LogP contribution in [0.15, 0.2) is 18.2 Å². The highest BCUT2D eigenvalue weighted by atomic mass is 35.5. The molecule has 3 nitrogen and oxygen atoms in total. The van der Waals surface area contributed by atoms with E-state index in [1.54, 1.807) is 6.92 Å². The zero-order valence-corrected chi connectivity index (χ0v) is 12.8. The van der Waals surface area contributed by atoms with Crippen molar-refractivity contribution in [3.63, 3.8) is 0 Å². The summed E-state index contributed by atoms with van der Waals surface area (Å²) in [6.45, 7) is 2.71. The number of carbonyl (C=O) groups excluding carboxylic acids is 1. The highest BCUT2D eigenvalue weighted by Gasteiger charge is 2.17. The van der Waals surface area contributed by atoms with Gasteiger partial charge in [-0.2, -0.15) is 0 Å². The van der Waals surface area contributed by atoms with Crippen molar-refractivity contribution in [3.05, 3.63) is 35.4 Å². The Kier molecular flexibility index (Phi) is 7.05. The molecule has 0 aliphatic carbocycles. The summed E-state index contributed by atoms with van der Waals surface area (Å²) in [4.78, 5) is 11.8. The summed E-state index contributed by atoms with van der Waals surface area (Å²) in [5.41, 5.74) is 0.304. The molecular formula is C15H21ClF2N2O. The average molecular weight is 319 g/mol. The van der Waals surface area contributed by atoms with E-state index in [9.17, 15) is 13.6 Å². The maximum atomic E-state index is 13.6. The minimum Gasteiger partial charge on any atom is -0.349 e. The average Bonchev–Trinajstić information content (AvgIpc) is 2.89. The van der Waals surface area contributed by atoms with Crippen LogP contribution in [0.3, 0.4) is 0 Å². The van der Waals surface area contributed by atoms with E-state index >= 15 is 0 Å². The van der Waals surface area contributed by atoms with Gasteiger partial charge >= 0.3 is 0 Å². The zero-order valence-electron chi connectivity index (χ0n) is 12.0. The van der Waals surface area contributed by atoms with E-state index in [4.69, 9.17) is 0 Å². The lowest BCUT2D eigenvalue weighted by molar-refractivity contribution is -0.121. The molecule has 2 rings (SSSR count). The van der Waals surface area contributed by atoms with Gasteiger partial charge in [-0.1, -0.05) is 6.07 Å². The van der Waals surface area contributed by atoms with Crippen LogP contribution in [0.2, 0.25) is 0 Å². The fraction of sp³-hybridized carbons (Fsp3) is 0.533. The van der Waals surface area contributed by atoms with Gasteiger partial charge in [-0.25, -0.2) is 8.78 Å². The van der Waals surface area contributed by atoms with Crippen LogP contribution in [0.1, 0.15) is 44.2 Å². The van der Waals surface area contributed by atoms with Crippen LogP contribution in [-0.2, 0) is 4.79 Å². The molecule has 1 fully saturated rings. The normalized spacial score (nSPS) is 18.9. The summed E-state index contributed by atoms with van der Waals surface area (Å²) >= 11 is 0. The van der Waals surface area contributed by atoms with Gasteiger partial charge in [0.1, 0.15) is 11.6 Å². The molecule has 1 saturated heterocycles. The first-order valence-corrected chi connectivity index (χ1v) is 7.04. The van der Waals surface area contributed by atoms with Gasteiger partial charge in [0.2, 0.25) is 5.91 Å². The number of hydrogen-bond donors (Lipinski definition) is 2. The van der Waals surface area contributed by atoms with E-state index in [1.807, 2.05) is 0 Å². The Balaban J connectivity index is 0.00000220. The first-order valence-electron chi connectivity index (χ1n) is 7.04. The molecule has 0 saturated carbocycles.